The van der Waals surface area contributed by atoms with Crippen LogP contribution < -0.4 is 10.1 Å². The van der Waals surface area contributed by atoms with Crippen LogP contribution in [0.1, 0.15) is 5.56 Å². The van der Waals surface area contributed by atoms with E-state index in [4.69, 9.17) is 4.74 Å². The number of fused-ring (bicyclic) bond motifs is 1. The highest BCUT2D eigenvalue weighted by atomic mass is 19.1. The Balaban J connectivity index is 1.94. The minimum Gasteiger partial charge on any atom is -0.439 e. The number of pyridine rings is 2. The number of nitrogens with one attached hydrogen (secondary N) is 1. The third-order valence-electron chi connectivity index (χ3n) is 3.05. The molecule has 0 aliphatic heterocycles. The van der Waals surface area contributed by atoms with Gasteiger partial charge in [0, 0.05) is 29.8 Å². The molecule has 3 aromatic rings. The Labute approximate surface area is 121 Å². The highest BCUT2D eigenvalue weighted by Crippen LogP contribution is 2.26. The Kier molecular flexibility index (Phi) is 3.75. The van der Waals surface area contributed by atoms with E-state index in [-0.39, 0.29) is 5.82 Å². The van der Waals surface area contributed by atoms with Crippen molar-refractivity contribution in [1.82, 2.24) is 15.3 Å². The third kappa shape index (κ3) is 2.98. The average Bonchev–Trinajstić information content (AvgIpc) is 2.50. The summed E-state index contributed by atoms with van der Waals surface area (Å²) < 4.78 is 19.0. The number of aromatic nitrogens is 2. The Morgan fingerprint density at radius 1 is 1.19 bits per heavy atom. The molecule has 0 saturated heterocycles. The highest BCUT2D eigenvalue weighted by Gasteiger charge is 2.08. The summed E-state index contributed by atoms with van der Waals surface area (Å²) >= 11 is 0. The topological polar surface area (TPSA) is 47.0 Å². The second-order valence-corrected chi connectivity index (χ2v) is 4.61. The summed E-state index contributed by atoms with van der Waals surface area (Å²) in [4.78, 5) is 8.30. The maximum absolute atomic E-state index is 13.3. The van der Waals surface area contributed by atoms with E-state index in [1.54, 1.807) is 13.2 Å². The van der Waals surface area contributed by atoms with E-state index in [2.05, 4.69) is 15.3 Å². The Bertz CT molecular complexity index is 776. The zero-order valence-electron chi connectivity index (χ0n) is 11.5. The first-order chi connectivity index (χ1) is 10.3. The lowest BCUT2D eigenvalue weighted by Gasteiger charge is -2.10. The van der Waals surface area contributed by atoms with Gasteiger partial charge in [-0.2, -0.15) is 0 Å². The van der Waals surface area contributed by atoms with Crippen molar-refractivity contribution in [3.63, 3.8) is 0 Å². The molecule has 0 spiro atoms. The van der Waals surface area contributed by atoms with Crippen molar-refractivity contribution in [1.29, 1.82) is 0 Å². The van der Waals surface area contributed by atoms with Crippen LogP contribution in [-0.2, 0) is 6.54 Å². The minimum absolute atomic E-state index is 0.382. The van der Waals surface area contributed by atoms with Crippen LogP contribution in [0.25, 0.3) is 10.9 Å². The Morgan fingerprint density at radius 2 is 2.10 bits per heavy atom. The second-order valence-electron chi connectivity index (χ2n) is 4.61. The average molecular weight is 283 g/mol. The normalized spacial score (nSPS) is 10.8. The van der Waals surface area contributed by atoms with E-state index < -0.39 is 0 Å². The standard InChI is InChI=1S/C16H14FN3O/c1-18-9-12-7-13(17)10-20-16(12)21-14-5-4-11-3-2-6-19-15(11)8-14/h2-8,10,18H,9H2,1H3. The van der Waals surface area contributed by atoms with E-state index in [9.17, 15) is 4.39 Å². The van der Waals surface area contributed by atoms with Gasteiger partial charge in [-0.05, 0) is 31.3 Å². The minimum atomic E-state index is -0.382. The molecule has 0 aliphatic rings. The molecular weight excluding hydrogens is 269 g/mol. The van der Waals surface area contributed by atoms with Gasteiger partial charge in [-0.1, -0.05) is 6.07 Å². The van der Waals surface area contributed by atoms with Gasteiger partial charge in [0.1, 0.15) is 11.6 Å². The van der Waals surface area contributed by atoms with Gasteiger partial charge >= 0.3 is 0 Å². The number of halogens is 1. The lowest BCUT2D eigenvalue weighted by atomic mass is 10.2. The molecule has 0 saturated carbocycles. The van der Waals surface area contributed by atoms with E-state index >= 15 is 0 Å². The van der Waals surface area contributed by atoms with Gasteiger partial charge in [-0.25, -0.2) is 9.37 Å². The van der Waals surface area contributed by atoms with E-state index in [0.29, 0.717) is 23.7 Å². The molecule has 3 rings (SSSR count). The molecule has 0 fully saturated rings. The SMILES string of the molecule is CNCc1cc(F)cnc1Oc1ccc2cccnc2c1. The summed E-state index contributed by atoms with van der Waals surface area (Å²) in [7, 11) is 1.79. The molecule has 0 bridgehead atoms. The molecule has 0 atom stereocenters. The smallest absolute Gasteiger partial charge is 0.223 e. The predicted molar refractivity (Wildman–Crippen MR) is 78.8 cm³/mol. The zero-order chi connectivity index (χ0) is 14.7. The molecule has 106 valence electrons. The van der Waals surface area contributed by atoms with Gasteiger partial charge in [-0.3, -0.25) is 4.98 Å². The van der Waals surface area contributed by atoms with Gasteiger partial charge in [0.05, 0.1) is 11.7 Å². The first-order valence-corrected chi connectivity index (χ1v) is 6.58. The molecule has 0 amide bonds. The monoisotopic (exact) mass is 283 g/mol. The fraction of sp³-hybridized carbons (Fsp3) is 0.125. The quantitative estimate of drug-likeness (QED) is 0.798. The number of rotatable bonds is 4. The van der Waals surface area contributed by atoms with Crippen LogP contribution in [0.4, 0.5) is 4.39 Å². The van der Waals surface area contributed by atoms with Crippen molar-refractivity contribution >= 4 is 10.9 Å². The first kappa shape index (κ1) is 13.5. The molecule has 2 heterocycles. The Morgan fingerprint density at radius 3 is 2.95 bits per heavy atom. The summed E-state index contributed by atoms with van der Waals surface area (Å²) in [6.45, 7) is 0.478. The van der Waals surface area contributed by atoms with Crippen molar-refractivity contribution in [2.75, 3.05) is 7.05 Å². The molecule has 0 radical (unpaired) electrons. The number of hydrogen-bond acceptors (Lipinski definition) is 4. The van der Waals surface area contributed by atoms with Gasteiger partial charge in [0.15, 0.2) is 0 Å². The molecule has 21 heavy (non-hydrogen) atoms. The fourth-order valence-corrected chi connectivity index (χ4v) is 2.10. The largest absolute Gasteiger partial charge is 0.439 e. The van der Waals surface area contributed by atoms with Gasteiger partial charge in [-0.15, -0.1) is 0 Å². The van der Waals surface area contributed by atoms with Crippen LogP contribution in [0, 0.1) is 5.82 Å². The third-order valence-corrected chi connectivity index (χ3v) is 3.05. The van der Waals surface area contributed by atoms with Crippen LogP contribution >= 0.6 is 0 Å². The number of ether oxygens (including phenoxy) is 1. The predicted octanol–water partition coefficient (Wildman–Crippen LogP) is 3.28. The van der Waals surface area contributed by atoms with Crippen LogP contribution in [0.2, 0.25) is 0 Å². The summed E-state index contributed by atoms with van der Waals surface area (Å²) in [5.74, 6) is 0.631. The number of benzene rings is 1. The molecule has 1 aromatic carbocycles. The van der Waals surface area contributed by atoms with Crippen molar-refractivity contribution in [3.05, 3.63) is 60.2 Å². The zero-order valence-corrected chi connectivity index (χ0v) is 11.5. The molecule has 1 N–H and O–H groups in total. The van der Waals surface area contributed by atoms with Crippen molar-refractivity contribution in [3.8, 4) is 11.6 Å². The van der Waals surface area contributed by atoms with Gasteiger partial charge in [0.25, 0.3) is 0 Å². The fourth-order valence-electron chi connectivity index (χ4n) is 2.10. The van der Waals surface area contributed by atoms with Crippen LogP contribution in [0.5, 0.6) is 11.6 Å². The van der Waals surface area contributed by atoms with Gasteiger partial charge < -0.3 is 10.1 Å². The molecule has 0 aliphatic carbocycles. The summed E-state index contributed by atoms with van der Waals surface area (Å²) in [6.07, 6.45) is 2.88. The molecular formula is C16H14FN3O. The van der Waals surface area contributed by atoms with E-state index in [1.165, 1.54) is 6.07 Å². The highest BCUT2D eigenvalue weighted by molar-refractivity contribution is 5.79. The van der Waals surface area contributed by atoms with Crippen molar-refractivity contribution in [2.45, 2.75) is 6.54 Å². The van der Waals surface area contributed by atoms with Crippen molar-refractivity contribution < 1.29 is 9.13 Å². The molecule has 0 unspecified atom stereocenters. The lowest BCUT2D eigenvalue weighted by Crippen LogP contribution is -2.07. The summed E-state index contributed by atoms with van der Waals surface area (Å²) in [6, 6.07) is 10.9. The first-order valence-electron chi connectivity index (χ1n) is 6.58. The molecule has 5 heteroatoms. The lowest BCUT2D eigenvalue weighted by molar-refractivity contribution is 0.450. The van der Waals surface area contributed by atoms with Crippen LogP contribution in [0.15, 0.2) is 48.8 Å². The molecule has 2 aromatic heterocycles. The van der Waals surface area contributed by atoms with E-state index in [1.807, 2.05) is 30.3 Å². The summed E-state index contributed by atoms with van der Waals surface area (Å²) in [5, 5.41) is 4.00. The Hall–Kier alpha value is -2.53. The van der Waals surface area contributed by atoms with Crippen molar-refractivity contribution in [2.24, 2.45) is 0 Å². The maximum atomic E-state index is 13.3. The van der Waals surface area contributed by atoms with Gasteiger partial charge in [0.2, 0.25) is 5.88 Å². The second kappa shape index (κ2) is 5.85. The number of hydrogen-bond donors (Lipinski definition) is 1. The summed E-state index contributed by atoms with van der Waals surface area (Å²) in [5.41, 5.74) is 1.51. The maximum Gasteiger partial charge on any atom is 0.223 e. The van der Waals surface area contributed by atoms with E-state index in [0.717, 1.165) is 17.1 Å². The van der Waals surface area contributed by atoms with Crippen LogP contribution in [-0.4, -0.2) is 17.0 Å². The molecule has 4 nitrogen and oxygen atoms in total. The number of nitrogens with zero attached hydrogens (tertiary/aromatic N) is 2. The van der Waals surface area contributed by atoms with Crippen LogP contribution in [0.3, 0.4) is 0 Å².